The average molecular weight is 243 g/mol. The van der Waals surface area contributed by atoms with Crippen LogP contribution in [-0.4, -0.2) is 29.1 Å². The molecule has 4 nitrogen and oxygen atoms in total. The summed E-state index contributed by atoms with van der Waals surface area (Å²) in [6.07, 6.45) is -0.527. The number of aliphatic hydroxyl groups excluding tert-OH is 1. The number of hydrogen-bond acceptors (Lipinski definition) is 3. The largest absolute Gasteiger partial charge is 0.381 e. The number of aliphatic hydroxyl groups is 1. The number of nitrogens with one attached hydrogen (secondary N) is 1. The second kappa shape index (κ2) is 4.59. The first-order chi connectivity index (χ1) is 6.91. The number of carbonyl (C=O) groups excluding carboxylic acids is 1. The number of amides is 1. The van der Waals surface area contributed by atoms with Gasteiger partial charge >= 0.3 is 0 Å². The molecule has 1 amide bonds. The molecule has 1 saturated carbocycles. The molecule has 2 unspecified atom stereocenters. The third-order valence-electron chi connectivity index (χ3n) is 2.79. The van der Waals surface area contributed by atoms with E-state index in [0.717, 1.165) is 6.42 Å². The number of alkyl halides is 2. The molecule has 0 aliphatic heterocycles. The van der Waals surface area contributed by atoms with Crippen LogP contribution in [0.5, 0.6) is 0 Å². The van der Waals surface area contributed by atoms with Crippen molar-refractivity contribution in [2.45, 2.75) is 37.3 Å². The molecule has 0 radical (unpaired) electrons. The molecule has 0 aromatic heterocycles. The Morgan fingerprint density at radius 1 is 1.60 bits per heavy atom. The molecular weight excluding hydrogens is 230 g/mol. The molecule has 15 heavy (non-hydrogen) atoms. The predicted octanol–water partition coefficient (Wildman–Crippen LogP) is 0.380. The van der Waals surface area contributed by atoms with Crippen molar-refractivity contribution in [1.82, 2.24) is 4.84 Å². The van der Waals surface area contributed by atoms with Gasteiger partial charge in [-0.05, 0) is 24.6 Å². The zero-order valence-corrected chi connectivity index (χ0v) is 8.68. The Morgan fingerprint density at radius 3 is 2.40 bits per heavy atom. The van der Waals surface area contributed by atoms with Crippen molar-refractivity contribution in [2.24, 2.45) is 11.7 Å². The highest BCUT2D eigenvalue weighted by Crippen LogP contribution is 2.42. The maximum Gasteiger partial charge on any atom is 0.270 e. The van der Waals surface area contributed by atoms with Gasteiger partial charge in [0, 0.05) is 5.92 Å². The van der Waals surface area contributed by atoms with Gasteiger partial charge in [0.15, 0.2) is 6.10 Å². The zero-order chi connectivity index (χ0) is 11.6. The zero-order valence-electron chi connectivity index (χ0n) is 7.92. The lowest BCUT2D eigenvalue weighted by Gasteiger charge is -2.38. The lowest BCUT2D eigenvalue weighted by atomic mass is 9.77. The molecule has 2 atom stereocenters. The van der Waals surface area contributed by atoms with Crippen LogP contribution in [0, 0.1) is 5.92 Å². The molecule has 1 fully saturated rings. The number of hydrogen-bond donors (Lipinski definition) is 3. The molecular formula is C8H13ClF2N2O2. The monoisotopic (exact) mass is 242 g/mol. The van der Waals surface area contributed by atoms with E-state index in [0.29, 0.717) is 12.8 Å². The van der Waals surface area contributed by atoms with E-state index in [1.807, 2.05) is 0 Å². The highest BCUT2D eigenvalue weighted by atomic mass is 35.5. The van der Waals surface area contributed by atoms with Crippen LogP contribution in [0.4, 0.5) is 8.78 Å². The van der Waals surface area contributed by atoms with Gasteiger partial charge in [-0.2, -0.15) is 0 Å². The van der Waals surface area contributed by atoms with Crippen LogP contribution in [0.15, 0.2) is 0 Å². The topological polar surface area (TPSA) is 75.4 Å². The molecule has 0 heterocycles. The summed E-state index contributed by atoms with van der Waals surface area (Å²) in [5.74, 6) is -5.29. The van der Waals surface area contributed by atoms with E-state index in [-0.39, 0.29) is 0 Å². The fraction of sp³-hybridized carbons (Fsp3) is 0.875. The van der Waals surface area contributed by atoms with E-state index in [4.69, 9.17) is 17.5 Å². The fourth-order valence-corrected chi connectivity index (χ4v) is 1.82. The maximum absolute atomic E-state index is 13.6. The summed E-state index contributed by atoms with van der Waals surface area (Å²) in [7, 11) is 0. The van der Waals surface area contributed by atoms with Crippen molar-refractivity contribution in [3.63, 3.8) is 0 Å². The Kier molecular flexibility index (Phi) is 3.86. The quantitative estimate of drug-likeness (QED) is 0.610. The third kappa shape index (κ3) is 2.38. The summed E-state index contributed by atoms with van der Waals surface area (Å²) in [5, 5.41) is 9.19. The second-order valence-corrected chi connectivity index (χ2v) is 3.95. The Labute approximate surface area is 90.9 Å². The van der Waals surface area contributed by atoms with E-state index in [2.05, 4.69) is 0 Å². The molecule has 4 N–H and O–H groups in total. The highest BCUT2D eigenvalue weighted by Gasteiger charge is 2.52. The smallest absolute Gasteiger partial charge is 0.270 e. The normalized spacial score (nSPS) is 21.9. The van der Waals surface area contributed by atoms with Crippen LogP contribution >= 0.6 is 11.8 Å². The van der Waals surface area contributed by atoms with E-state index in [9.17, 15) is 18.7 Å². The minimum absolute atomic E-state index is 0.369. The molecule has 0 saturated heterocycles. The van der Waals surface area contributed by atoms with Gasteiger partial charge < -0.3 is 10.8 Å². The van der Waals surface area contributed by atoms with Gasteiger partial charge in [-0.3, -0.25) is 4.79 Å². The van der Waals surface area contributed by atoms with Crippen LogP contribution in [0.1, 0.15) is 19.3 Å². The van der Waals surface area contributed by atoms with E-state index < -0.39 is 29.9 Å². The third-order valence-corrected chi connectivity index (χ3v) is 3.02. The van der Waals surface area contributed by atoms with Gasteiger partial charge in [0.2, 0.25) is 5.91 Å². The Morgan fingerprint density at radius 2 is 2.13 bits per heavy atom. The number of rotatable bonds is 5. The maximum atomic E-state index is 13.6. The molecule has 0 bridgehead atoms. The van der Waals surface area contributed by atoms with Crippen molar-refractivity contribution in [1.29, 1.82) is 0 Å². The molecule has 0 aromatic rings. The highest BCUT2D eigenvalue weighted by molar-refractivity contribution is 6.13. The van der Waals surface area contributed by atoms with Gasteiger partial charge in [-0.15, -0.1) is 0 Å². The van der Waals surface area contributed by atoms with Crippen molar-refractivity contribution in [3.05, 3.63) is 0 Å². The second-order valence-electron chi connectivity index (χ2n) is 3.74. The van der Waals surface area contributed by atoms with E-state index >= 15 is 0 Å². The van der Waals surface area contributed by atoms with Gasteiger partial charge in [-0.25, -0.2) is 13.6 Å². The predicted molar refractivity (Wildman–Crippen MR) is 50.3 cm³/mol. The molecule has 0 aromatic carbocycles. The van der Waals surface area contributed by atoms with Crippen molar-refractivity contribution in [2.75, 3.05) is 0 Å². The molecule has 7 heteroatoms. The molecule has 1 rings (SSSR count). The number of nitrogens with two attached hydrogens (primary N) is 1. The van der Waals surface area contributed by atoms with Crippen LogP contribution in [-0.2, 0) is 4.79 Å². The average Bonchev–Trinajstić information content (AvgIpc) is 1.99. The number of halogens is 3. The summed E-state index contributed by atoms with van der Waals surface area (Å²) in [6.45, 7) is 0. The van der Waals surface area contributed by atoms with Gasteiger partial charge in [0.1, 0.15) is 6.04 Å². The summed E-state index contributed by atoms with van der Waals surface area (Å²) >= 11 is 5.12. The first-order valence-corrected chi connectivity index (χ1v) is 5.00. The fourth-order valence-electron chi connectivity index (χ4n) is 1.55. The summed E-state index contributed by atoms with van der Waals surface area (Å²) < 4.78 is 27.3. The lowest BCUT2D eigenvalue weighted by molar-refractivity contribution is -0.151. The van der Waals surface area contributed by atoms with Crippen molar-refractivity contribution >= 4 is 17.7 Å². The summed E-state index contributed by atoms with van der Waals surface area (Å²) in [5.41, 5.74) is 4.75. The van der Waals surface area contributed by atoms with Crippen molar-refractivity contribution in [3.8, 4) is 0 Å². The van der Waals surface area contributed by atoms with E-state index in [1.165, 1.54) is 0 Å². The van der Waals surface area contributed by atoms with Crippen LogP contribution < -0.4 is 10.6 Å². The van der Waals surface area contributed by atoms with Crippen molar-refractivity contribution < 1.29 is 18.7 Å². The standard InChI is InChI=1S/C8H13ClF2N2O2/c9-13-6(5(14)7(12)15)8(10,11)4-2-1-3-4/h4-6,13-14H,1-3H2,(H2,12,15). The summed E-state index contributed by atoms with van der Waals surface area (Å²) in [4.78, 5) is 12.4. The summed E-state index contributed by atoms with van der Waals surface area (Å²) in [6, 6.07) is -1.83. The van der Waals surface area contributed by atoms with Crippen LogP contribution in [0.2, 0.25) is 0 Å². The number of primary amides is 1. The molecule has 88 valence electrons. The molecule has 1 aliphatic carbocycles. The Balaban J connectivity index is 2.75. The Bertz CT molecular complexity index is 249. The van der Waals surface area contributed by atoms with Crippen LogP contribution in [0.3, 0.4) is 0 Å². The van der Waals surface area contributed by atoms with Gasteiger partial charge in [0.05, 0.1) is 0 Å². The van der Waals surface area contributed by atoms with Crippen LogP contribution in [0.25, 0.3) is 0 Å². The molecule has 0 spiro atoms. The minimum atomic E-state index is -3.23. The SMILES string of the molecule is NC(=O)C(O)C(NCl)C(F)(F)C1CCC1. The number of carbonyl (C=O) groups is 1. The van der Waals surface area contributed by atoms with Gasteiger partial charge in [0.25, 0.3) is 5.92 Å². The Hall–Kier alpha value is -0.460. The molecule has 1 aliphatic rings. The first-order valence-electron chi connectivity index (χ1n) is 4.62. The van der Waals surface area contributed by atoms with E-state index in [1.54, 1.807) is 4.84 Å². The first kappa shape index (κ1) is 12.6. The lowest BCUT2D eigenvalue weighted by Crippen LogP contribution is -2.58. The minimum Gasteiger partial charge on any atom is -0.381 e. The van der Waals surface area contributed by atoms with Gasteiger partial charge in [-0.1, -0.05) is 6.42 Å².